The summed E-state index contributed by atoms with van der Waals surface area (Å²) in [6, 6.07) is 20.4. The summed E-state index contributed by atoms with van der Waals surface area (Å²) >= 11 is 0. The van der Waals surface area contributed by atoms with Crippen LogP contribution in [0.3, 0.4) is 0 Å². The van der Waals surface area contributed by atoms with Crippen LogP contribution in [0.1, 0.15) is 62.4 Å². The van der Waals surface area contributed by atoms with Gasteiger partial charge in [-0.05, 0) is 56.5 Å². The second-order valence-corrected chi connectivity index (χ2v) is 9.07. The van der Waals surface area contributed by atoms with Gasteiger partial charge in [0.2, 0.25) is 5.36 Å². The van der Waals surface area contributed by atoms with E-state index in [1.165, 1.54) is 0 Å². The Morgan fingerprint density at radius 1 is 0.886 bits per heavy atom. The first-order valence-electron chi connectivity index (χ1n) is 12.9. The Labute approximate surface area is 208 Å². The van der Waals surface area contributed by atoms with E-state index in [-0.39, 0.29) is 5.97 Å². The number of ether oxygens (including phenoxy) is 1. The molecule has 35 heavy (non-hydrogen) atoms. The molecular weight excluding hydrogens is 434 g/mol. The van der Waals surface area contributed by atoms with Gasteiger partial charge < -0.3 is 9.15 Å². The summed E-state index contributed by atoms with van der Waals surface area (Å²) in [4.78, 5) is 13.2. The quantitative estimate of drug-likeness (QED) is 0.114. The molecule has 1 heterocycles. The van der Waals surface area contributed by atoms with Crippen LogP contribution in [-0.4, -0.2) is 25.7 Å². The predicted molar refractivity (Wildman–Crippen MR) is 144 cm³/mol. The third-order valence-electron chi connectivity index (χ3n) is 6.64. The summed E-state index contributed by atoms with van der Waals surface area (Å²) in [5.41, 5.74) is 5.39. The van der Waals surface area contributed by atoms with Crippen molar-refractivity contribution in [2.45, 2.75) is 53.4 Å². The van der Waals surface area contributed by atoms with E-state index in [2.05, 4.69) is 68.7 Å². The SMILES string of the molecule is CCCCCCOC(=O)c1ccccc1-c1c2ccc(=[N+](CC)CC)cc-2oc2cc(C)ccc12. The maximum absolute atomic E-state index is 13.2. The number of carbonyl (C=O) groups excluding carboxylic acids is 1. The van der Waals surface area contributed by atoms with Gasteiger partial charge in [0.1, 0.15) is 24.4 Å². The highest BCUT2D eigenvalue weighted by molar-refractivity contribution is 6.07. The van der Waals surface area contributed by atoms with Crippen molar-refractivity contribution in [2.75, 3.05) is 19.7 Å². The maximum atomic E-state index is 13.2. The monoisotopic (exact) mass is 470 g/mol. The van der Waals surface area contributed by atoms with Crippen LogP contribution in [0.25, 0.3) is 33.4 Å². The minimum Gasteiger partial charge on any atom is -0.462 e. The standard InChI is InChI=1S/C31H36NO3/c1-5-8-9-12-19-34-31(33)25-14-11-10-13-24(25)30-26-17-15-22(4)20-28(26)35-29-21-23(16-18-27(29)30)32(6-2)7-3/h10-11,13-18,20-21H,5-9,12,19H2,1-4H3/q+1. The number of unbranched alkanes of at least 4 members (excludes halogenated alkanes) is 3. The smallest absolute Gasteiger partial charge is 0.338 e. The van der Waals surface area contributed by atoms with Crippen molar-refractivity contribution in [1.82, 2.24) is 4.58 Å². The summed E-state index contributed by atoms with van der Waals surface area (Å²) in [6.07, 6.45) is 4.29. The zero-order valence-electron chi connectivity index (χ0n) is 21.4. The second-order valence-electron chi connectivity index (χ2n) is 9.07. The molecule has 0 unspecified atom stereocenters. The second kappa shape index (κ2) is 11.4. The Kier molecular flexibility index (Phi) is 8.02. The molecule has 4 rings (SSSR count). The van der Waals surface area contributed by atoms with Crippen LogP contribution >= 0.6 is 0 Å². The number of esters is 1. The van der Waals surface area contributed by atoms with Gasteiger partial charge in [-0.15, -0.1) is 0 Å². The van der Waals surface area contributed by atoms with Gasteiger partial charge in [0, 0.05) is 22.6 Å². The van der Waals surface area contributed by atoms with E-state index in [1.807, 2.05) is 24.3 Å². The average molecular weight is 471 g/mol. The highest BCUT2D eigenvalue weighted by Gasteiger charge is 2.22. The molecule has 2 aliphatic rings. The lowest BCUT2D eigenvalue weighted by molar-refractivity contribution is 0.0498. The van der Waals surface area contributed by atoms with Crippen molar-refractivity contribution in [3.63, 3.8) is 0 Å². The Balaban J connectivity index is 1.89. The van der Waals surface area contributed by atoms with Gasteiger partial charge in [0.15, 0.2) is 0 Å². The van der Waals surface area contributed by atoms with E-state index in [4.69, 9.17) is 9.15 Å². The molecule has 2 aromatic carbocycles. The van der Waals surface area contributed by atoms with E-state index < -0.39 is 0 Å². The third-order valence-corrected chi connectivity index (χ3v) is 6.64. The molecule has 0 aromatic heterocycles. The van der Waals surface area contributed by atoms with E-state index in [0.717, 1.165) is 83.1 Å². The highest BCUT2D eigenvalue weighted by Crippen LogP contribution is 2.41. The molecule has 0 atom stereocenters. The lowest BCUT2D eigenvalue weighted by atomic mass is 9.90. The number of hydrogen-bond acceptors (Lipinski definition) is 3. The largest absolute Gasteiger partial charge is 0.462 e. The molecular formula is C31H36NO3+. The predicted octanol–water partition coefficient (Wildman–Crippen LogP) is 7.06. The summed E-state index contributed by atoms with van der Waals surface area (Å²) in [7, 11) is 0. The van der Waals surface area contributed by atoms with Gasteiger partial charge in [-0.3, -0.25) is 0 Å². The van der Waals surface area contributed by atoms with Gasteiger partial charge in [0.25, 0.3) is 0 Å². The Morgan fingerprint density at radius 3 is 2.46 bits per heavy atom. The molecule has 1 aliphatic heterocycles. The molecule has 0 spiro atoms. The number of aryl methyl sites for hydroxylation is 1. The maximum Gasteiger partial charge on any atom is 0.338 e. The summed E-state index contributed by atoms with van der Waals surface area (Å²) in [6.45, 7) is 10.9. The van der Waals surface area contributed by atoms with Crippen LogP contribution in [0.2, 0.25) is 0 Å². The van der Waals surface area contributed by atoms with Gasteiger partial charge >= 0.3 is 5.97 Å². The molecule has 182 valence electrons. The third kappa shape index (κ3) is 5.32. The van der Waals surface area contributed by atoms with Crippen LogP contribution in [0.5, 0.6) is 0 Å². The lowest BCUT2D eigenvalue weighted by Gasteiger charge is -2.17. The van der Waals surface area contributed by atoms with Gasteiger partial charge in [-0.1, -0.05) is 56.5 Å². The molecule has 4 heteroatoms. The van der Waals surface area contributed by atoms with Crippen LogP contribution < -0.4 is 9.93 Å². The fourth-order valence-electron chi connectivity index (χ4n) is 4.71. The minimum atomic E-state index is -0.272. The molecule has 0 bridgehead atoms. The summed E-state index contributed by atoms with van der Waals surface area (Å²) < 4.78 is 14.4. The van der Waals surface area contributed by atoms with Crippen molar-refractivity contribution in [3.8, 4) is 22.5 Å². The minimum absolute atomic E-state index is 0.272. The number of fused-ring (bicyclic) bond motifs is 2. The fraction of sp³-hybridized carbons (Fsp3) is 0.355. The first-order valence-corrected chi connectivity index (χ1v) is 12.9. The number of nitrogens with zero attached hydrogens (tertiary/aromatic N) is 1. The lowest BCUT2D eigenvalue weighted by Crippen LogP contribution is -2.29. The molecule has 4 nitrogen and oxygen atoms in total. The Morgan fingerprint density at radius 2 is 1.69 bits per heavy atom. The summed E-state index contributed by atoms with van der Waals surface area (Å²) in [5, 5.41) is 2.12. The normalized spacial score (nSPS) is 11.2. The van der Waals surface area contributed by atoms with Gasteiger partial charge in [0.05, 0.1) is 18.2 Å². The molecule has 0 amide bonds. The number of carbonyl (C=O) groups is 1. The first-order chi connectivity index (χ1) is 17.1. The van der Waals surface area contributed by atoms with E-state index in [0.29, 0.717) is 12.2 Å². The van der Waals surface area contributed by atoms with Gasteiger partial charge in [-0.25, -0.2) is 9.37 Å². The van der Waals surface area contributed by atoms with Crippen molar-refractivity contribution < 1.29 is 13.9 Å². The molecule has 0 N–H and O–H groups in total. The summed E-state index contributed by atoms with van der Waals surface area (Å²) in [5.74, 6) is 0.538. The van der Waals surface area contributed by atoms with Crippen molar-refractivity contribution in [3.05, 3.63) is 77.1 Å². The number of hydrogen-bond donors (Lipinski definition) is 0. The van der Waals surface area contributed by atoms with Crippen molar-refractivity contribution in [1.29, 1.82) is 0 Å². The van der Waals surface area contributed by atoms with Crippen LogP contribution in [0, 0.1) is 6.92 Å². The topological polar surface area (TPSA) is 42.5 Å². The Bertz CT molecular complexity index is 1360. The Hall–Kier alpha value is -3.40. The van der Waals surface area contributed by atoms with Crippen molar-refractivity contribution in [2.24, 2.45) is 0 Å². The zero-order valence-corrected chi connectivity index (χ0v) is 21.4. The number of rotatable bonds is 9. The van der Waals surface area contributed by atoms with E-state index in [1.54, 1.807) is 0 Å². The van der Waals surface area contributed by atoms with Crippen LogP contribution in [0.15, 0.2) is 65.1 Å². The molecule has 0 fully saturated rings. The zero-order chi connectivity index (χ0) is 24.8. The molecule has 0 saturated heterocycles. The van der Waals surface area contributed by atoms with E-state index >= 15 is 0 Å². The molecule has 0 saturated carbocycles. The molecule has 0 radical (unpaired) electrons. The van der Waals surface area contributed by atoms with E-state index in [9.17, 15) is 4.79 Å². The molecule has 1 aliphatic carbocycles. The van der Waals surface area contributed by atoms with Gasteiger partial charge in [-0.2, -0.15) is 0 Å². The van der Waals surface area contributed by atoms with Crippen LogP contribution in [-0.2, 0) is 4.74 Å². The molecule has 2 aromatic rings. The first kappa shape index (κ1) is 24.7. The average Bonchev–Trinajstić information content (AvgIpc) is 2.87. The van der Waals surface area contributed by atoms with Crippen molar-refractivity contribution >= 4 is 16.9 Å². The fourth-order valence-corrected chi connectivity index (χ4v) is 4.71. The van der Waals surface area contributed by atoms with Crippen LogP contribution in [0.4, 0.5) is 0 Å². The highest BCUT2D eigenvalue weighted by atomic mass is 16.5. The number of benzene rings is 3.